The first-order chi connectivity index (χ1) is 30.3. The minimum absolute atomic E-state index is 0.898. The quantitative estimate of drug-likeness (QED) is 0.168. The van der Waals surface area contributed by atoms with E-state index in [0.717, 1.165) is 61.3 Å². The standard InChI is InChI=1S/C58H36N2O/c1-2-12-37(13-3-1)38-24-29-41(30-25-38)59(53-35-33-48-44-15-5-4-14-43(44)47-18-10-20-50(53)57(47)48)42-31-26-39(27-32-42)40-28-34-54-51(36-40)45-16-6-8-21-52(45)60(54)55-22-11-19-49-46-17-7-9-23-56(46)61-58(49)55/h1-36H. The van der Waals surface area contributed by atoms with Crippen LogP contribution in [-0.2, 0) is 0 Å². The van der Waals surface area contributed by atoms with E-state index >= 15 is 0 Å². The second kappa shape index (κ2) is 13.2. The summed E-state index contributed by atoms with van der Waals surface area (Å²) in [4.78, 5) is 2.42. The van der Waals surface area contributed by atoms with Gasteiger partial charge in [0.15, 0.2) is 5.58 Å². The van der Waals surface area contributed by atoms with Crippen molar-refractivity contribution >= 4 is 71.6 Å². The summed E-state index contributed by atoms with van der Waals surface area (Å²) in [5, 5.41) is 7.23. The van der Waals surface area contributed by atoms with E-state index < -0.39 is 0 Å². The number of benzene rings is 10. The maximum atomic E-state index is 6.55. The Bertz CT molecular complexity index is 3660. The Balaban J connectivity index is 0.939. The summed E-state index contributed by atoms with van der Waals surface area (Å²) in [6, 6.07) is 79.2. The molecule has 1 aliphatic rings. The molecule has 61 heavy (non-hydrogen) atoms. The molecule has 0 unspecified atom stereocenters. The van der Waals surface area contributed by atoms with Crippen LogP contribution in [0, 0.1) is 0 Å². The van der Waals surface area contributed by atoms with Gasteiger partial charge in [-0.05, 0) is 111 Å². The highest BCUT2D eigenvalue weighted by Gasteiger charge is 2.25. The first-order valence-corrected chi connectivity index (χ1v) is 20.9. The molecule has 10 aromatic carbocycles. The monoisotopic (exact) mass is 776 g/mol. The molecular weight excluding hydrogens is 741 g/mol. The number of aromatic nitrogens is 1. The normalized spacial score (nSPS) is 11.9. The molecule has 0 aliphatic heterocycles. The zero-order valence-electron chi connectivity index (χ0n) is 33.1. The second-order valence-corrected chi connectivity index (χ2v) is 16.0. The first-order valence-electron chi connectivity index (χ1n) is 20.9. The summed E-state index contributed by atoms with van der Waals surface area (Å²) in [5.74, 6) is 0. The lowest BCUT2D eigenvalue weighted by Crippen LogP contribution is -2.10. The number of hydrogen-bond acceptors (Lipinski definition) is 2. The van der Waals surface area contributed by atoms with E-state index in [0.29, 0.717) is 0 Å². The largest absolute Gasteiger partial charge is 0.454 e. The maximum absolute atomic E-state index is 6.55. The van der Waals surface area contributed by atoms with Gasteiger partial charge in [0.2, 0.25) is 0 Å². The van der Waals surface area contributed by atoms with Crippen molar-refractivity contribution in [2.75, 3.05) is 4.90 Å². The predicted octanol–water partition coefficient (Wildman–Crippen LogP) is 16.3. The van der Waals surface area contributed by atoms with Crippen LogP contribution in [0.1, 0.15) is 0 Å². The van der Waals surface area contributed by atoms with Gasteiger partial charge >= 0.3 is 0 Å². The van der Waals surface area contributed by atoms with Crippen LogP contribution in [0.3, 0.4) is 0 Å². The lowest BCUT2D eigenvalue weighted by molar-refractivity contribution is 0.666. The molecule has 0 N–H and O–H groups in total. The highest BCUT2D eigenvalue weighted by Crippen LogP contribution is 2.51. The average Bonchev–Trinajstić information content (AvgIpc) is 3.99. The number of nitrogens with zero attached hydrogens (tertiary/aromatic N) is 2. The number of para-hydroxylation sites is 3. The molecule has 2 aromatic heterocycles. The van der Waals surface area contributed by atoms with E-state index in [1.54, 1.807) is 0 Å². The number of hydrogen-bond donors (Lipinski definition) is 0. The summed E-state index contributed by atoms with van der Waals surface area (Å²) in [5.41, 5.74) is 18.4. The summed E-state index contributed by atoms with van der Waals surface area (Å²) < 4.78 is 8.91. The van der Waals surface area contributed by atoms with Crippen LogP contribution < -0.4 is 4.90 Å². The summed E-state index contributed by atoms with van der Waals surface area (Å²) in [6.07, 6.45) is 0. The number of furan rings is 1. The Kier molecular flexibility index (Phi) is 7.31. The van der Waals surface area contributed by atoms with Gasteiger partial charge < -0.3 is 13.9 Å². The second-order valence-electron chi connectivity index (χ2n) is 16.0. The van der Waals surface area contributed by atoms with Crippen LogP contribution in [0.4, 0.5) is 17.1 Å². The van der Waals surface area contributed by atoms with Crippen molar-refractivity contribution in [3.63, 3.8) is 0 Å². The van der Waals surface area contributed by atoms with Crippen LogP contribution in [0.15, 0.2) is 223 Å². The third kappa shape index (κ3) is 5.11. The van der Waals surface area contributed by atoms with E-state index in [2.05, 4.69) is 222 Å². The molecule has 284 valence electrons. The molecule has 0 bridgehead atoms. The molecule has 1 aliphatic carbocycles. The van der Waals surface area contributed by atoms with Crippen molar-refractivity contribution in [2.24, 2.45) is 0 Å². The van der Waals surface area contributed by atoms with Crippen LogP contribution in [0.25, 0.3) is 105 Å². The highest BCUT2D eigenvalue weighted by molar-refractivity contribution is 6.19. The topological polar surface area (TPSA) is 21.3 Å². The zero-order chi connectivity index (χ0) is 40.0. The van der Waals surface area contributed by atoms with Gasteiger partial charge in [-0.2, -0.15) is 0 Å². The van der Waals surface area contributed by atoms with Gasteiger partial charge in [-0.1, -0.05) is 158 Å². The summed E-state index contributed by atoms with van der Waals surface area (Å²) >= 11 is 0. The fourth-order valence-electron chi connectivity index (χ4n) is 9.97. The molecule has 0 atom stereocenters. The lowest BCUT2D eigenvalue weighted by Gasteiger charge is -2.27. The molecule has 0 radical (unpaired) electrons. The van der Waals surface area contributed by atoms with E-state index in [4.69, 9.17) is 4.42 Å². The van der Waals surface area contributed by atoms with Gasteiger partial charge in [0.05, 0.1) is 22.4 Å². The SMILES string of the molecule is c1ccc(-c2ccc(N(c3ccc(-c4ccc5c(c4)c4ccccc4n5-c4cccc5c4oc4ccccc45)cc3)c3ccc4c5c(cccc35)-c3ccccc3-4)cc2)cc1. The van der Waals surface area contributed by atoms with Crippen molar-refractivity contribution in [1.29, 1.82) is 0 Å². The molecule has 0 amide bonds. The smallest absolute Gasteiger partial charge is 0.159 e. The van der Waals surface area contributed by atoms with Crippen molar-refractivity contribution in [2.45, 2.75) is 0 Å². The van der Waals surface area contributed by atoms with Gasteiger partial charge in [0, 0.05) is 38.3 Å². The minimum atomic E-state index is 0.898. The lowest BCUT2D eigenvalue weighted by atomic mass is 9.99. The fourth-order valence-corrected chi connectivity index (χ4v) is 9.97. The summed E-state index contributed by atoms with van der Waals surface area (Å²) in [7, 11) is 0. The van der Waals surface area contributed by atoms with Gasteiger partial charge in [-0.3, -0.25) is 0 Å². The molecule has 3 nitrogen and oxygen atoms in total. The Hall–Kier alpha value is -8.14. The molecule has 2 heterocycles. The number of anilines is 3. The Labute approximate surface area is 352 Å². The third-order valence-electron chi connectivity index (χ3n) is 12.8. The van der Waals surface area contributed by atoms with Crippen LogP contribution in [-0.4, -0.2) is 4.57 Å². The zero-order valence-corrected chi connectivity index (χ0v) is 33.1. The Morgan fingerprint density at radius 2 is 0.902 bits per heavy atom. The first kappa shape index (κ1) is 33.8. The molecule has 0 fully saturated rings. The minimum Gasteiger partial charge on any atom is -0.454 e. The number of rotatable bonds is 6. The predicted molar refractivity (Wildman–Crippen MR) is 256 cm³/mol. The van der Waals surface area contributed by atoms with E-state index in [1.807, 2.05) is 6.07 Å². The molecule has 3 heteroatoms. The van der Waals surface area contributed by atoms with Crippen LogP contribution >= 0.6 is 0 Å². The number of fused-ring (bicyclic) bond motifs is 9. The van der Waals surface area contributed by atoms with Gasteiger partial charge in [0.25, 0.3) is 0 Å². The van der Waals surface area contributed by atoms with Crippen LogP contribution in [0.2, 0.25) is 0 Å². The third-order valence-corrected chi connectivity index (χ3v) is 12.8. The van der Waals surface area contributed by atoms with Gasteiger partial charge in [-0.15, -0.1) is 0 Å². The van der Waals surface area contributed by atoms with Crippen LogP contribution in [0.5, 0.6) is 0 Å². The molecule has 0 saturated heterocycles. The molecule has 13 rings (SSSR count). The molecule has 0 saturated carbocycles. The van der Waals surface area contributed by atoms with Crippen molar-refractivity contribution in [1.82, 2.24) is 4.57 Å². The van der Waals surface area contributed by atoms with E-state index in [-0.39, 0.29) is 0 Å². The van der Waals surface area contributed by atoms with Crippen molar-refractivity contribution in [3.05, 3.63) is 218 Å². The highest BCUT2D eigenvalue weighted by atomic mass is 16.3. The maximum Gasteiger partial charge on any atom is 0.159 e. The Morgan fingerprint density at radius 1 is 0.344 bits per heavy atom. The fraction of sp³-hybridized carbons (Fsp3) is 0. The Morgan fingerprint density at radius 3 is 1.69 bits per heavy atom. The molecule has 12 aromatic rings. The van der Waals surface area contributed by atoms with E-state index in [9.17, 15) is 0 Å². The molecule has 0 spiro atoms. The molecular formula is C58H36N2O. The van der Waals surface area contributed by atoms with Crippen molar-refractivity contribution in [3.8, 4) is 50.2 Å². The van der Waals surface area contributed by atoms with Gasteiger partial charge in [-0.25, -0.2) is 0 Å². The average molecular weight is 777 g/mol. The summed E-state index contributed by atoms with van der Waals surface area (Å²) in [6.45, 7) is 0. The van der Waals surface area contributed by atoms with E-state index in [1.165, 1.54) is 60.5 Å². The van der Waals surface area contributed by atoms with Crippen molar-refractivity contribution < 1.29 is 4.42 Å². The van der Waals surface area contributed by atoms with Gasteiger partial charge in [0.1, 0.15) is 5.58 Å².